The van der Waals surface area contributed by atoms with Gasteiger partial charge in [0.05, 0.1) is 0 Å². The van der Waals surface area contributed by atoms with Gasteiger partial charge in [0.15, 0.2) is 0 Å². The number of rotatable bonds is 6. The van der Waals surface area contributed by atoms with Gasteiger partial charge in [-0.05, 0) is 47.2 Å². The summed E-state index contributed by atoms with van der Waals surface area (Å²) in [5.74, 6) is -0.0308. The molecule has 0 bridgehead atoms. The number of carbonyl (C=O) groups excluding carboxylic acids is 2. The lowest BCUT2D eigenvalue weighted by Gasteiger charge is -2.30. The molecule has 0 spiro atoms. The first kappa shape index (κ1) is 20.8. The van der Waals surface area contributed by atoms with Gasteiger partial charge < -0.3 is 9.80 Å². The highest BCUT2D eigenvalue weighted by Crippen LogP contribution is 2.27. The third-order valence-corrected chi connectivity index (χ3v) is 5.84. The van der Waals surface area contributed by atoms with Crippen molar-refractivity contribution >= 4 is 11.8 Å². The fourth-order valence-electron chi connectivity index (χ4n) is 4.29. The topological polar surface area (TPSA) is 53.5 Å². The lowest BCUT2D eigenvalue weighted by Crippen LogP contribution is -2.46. The summed E-state index contributed by atoms with van der Waals surface area (Å²) in [6.45, 7) is 3.15. The molecule has 0 aliphatic carbocycles. The van der Waals surface area contributed by atoms with Crippen LogP contribution in [0.25, 0.3) is 11.1 Å². The van der Waals surface area contributed by atoms with E-state index in [0.717, 1.165) is 28.7 Å². The molecule has 1 aliphatic heterocycles. The summed E-state index contributed by atoms with van der Waals surface area (Å²) in [5.41, 5.74) is 4.35. The number of hydrogen-bond acceptors (Lipinski definition) is 3. The smallest absolute Gasteiger partial charge is 0.245 e. The molecule has 0 saturated carbocycles. The van der Waals surface area contributed by atoms with Crippen molar-refractivity contribution in [3.63, 3.8) is 0 Å². The molecule has 5 nitrogen and oxygen atoms in total. The fourth-order valence-corrected chi connectivity index (χ4v) is 4.29. The molecule has 2 heterocycles. The maximum absolute atomic E-state index is 13.6. The van der Waals surface area contributed by atoms with Gasteiger partial charge in [-0.1, -0.05) is 54.6 Å². The first-order valence-corrected chi connectivity index (χ1v) is 10.7. The summed E-state index contributed by atoms with van der Waals surface area (Å²) in [6, 6.07) is 21.9. The van der Waals surface area contributed by atoms with Crippen LogP contribution in [0.4, 0.5) is 0 Å². The van der Waals surface area contributed by atoms with Gasteiger partial charge in [-0.25, -0.2) is 0 Å². The Morgan fingerprint density at radius 1 is 0.968 bits per heavy atom. The van der Waals surface area contributed by atoms with Crippen molar-refractivity contribution in [2.75, 3.05) is 6.54 Å². The van der Waals surface area contributed by atoms with Crippen LogP contribution in [0.15, 0.2) is 79.1 Å². The summed E-state index contributed by atoms with van der Waals surface area (Å²) < 4.78 is 0. The molecule has 2 amide bonds. The first-order chi connectivity index (χ1) is 15.1. The second kappa shape index (κ2) is 9.56. The predicted octanol–water partition coefficient (Wildman–Crippen LogP) is 4.29. The Morgan fingerprint density at radius 3 is 2.42 bits per heavy atom. The molecule has 1 fully saturated rings. The number of amides is 2. The van der Waals surface area contributed by atoms with Crippen molar-refractivity contribution in [2.45, 2.75) is 38.9 Å². The van der Waals surface area contributed by atoms with Gasteiger partial charge in [0.1, 0.15) is 6.04 Å². The van der Waals surface area contributed by atoms with Gasteiger partial charge in [-0.15, -0.1) is 0 Å². The van der Waals surface area contributed by atoms with Crippen LogP contribution in [0.2, 0.25) is 0 Å². The molecule has 1 saturated heterocycles. The molecule has 1 aliphatic rings. The maximum Gasteiger partial charge on any atom is 0.245 e. The third-order valence-electron chi connectivity index (χ3n) is 5.84. The number of nitrogens with zero attached hydrogens (tertiary/aromatic N) is 3. The summed E-state index contributed by atoms with van der Waals surface area (Å²) in [6.07, 6.45) is 5.06. The Hall–Kier alpha value is -3.47. The number of pyridine rings is 1. The van der Waals surface area contributed by atoms with Crippen LogP contribution in [0, 0.1) is 0 Å². The molecule has 1 aromatic heterocycles. The van der Waals surface area contributed by atoms with Gasteiger partial charge in [0.2, 0.25) is 11.8 Å². The Bertz CT molecular complexity index is 1040. The molecule has 31 heavy (non-hydrogen) atoms. The monoisotopic (exact) mass is 413 g/mol. The Morgan fingerprint density at radius 2 is 1.68 bits per heavy atom. The molecule has 5 heteroatoms. The van der Waals surface area contributed by atoms with Crippen LogP contribution in [0.3, 0.4) is 0 Å². The first-order valence-electron chi connectivity index (χ1n) is 10.7. The van der Waals surface area contributed by atoms with Crippen molar-refractivity contribution in [3.8, 4) is 11.1 Å². The lowest BCUT2D eigenvalue weighted by atomic mass is 9.99. The number of likely N-dealkylation sites (tertiary alicyclic amines) is 1. The summed E-state index contributed by atoms with van der Waals surface area (Å²) in [7, 11) is 0. The highest BCUT2D eigenvalue weighted by Gasteiger charge is 2.35. The Labute approximate surface area is 183 Å². The molecule has 1 atom stereocenters. The quantitative estimate of drug-likeness (QED) is 0.606. The Kier molecular flexibility index (Phi) is 6.41. The zero-order valence-corrected chi connectivity index (χ0v) is 17.8. The molecular weight excluding hydrogens is 386 g/mol. The van der Waals surface area contributed by atoms with Gasteiger partial charge in [-0.2, -0.15) is 0 Å². The second-order valence-corrected chi connectivity index (χ2v) is 7.94. The summed E-state index contributed by atoms with van der Waals surface area (Å²) in [5, 5.41) is 0. The molecule has 2 aromatic carbocycles. The van der Waals surface area contributed by atoms with Crippen LogP contribution < -0.4 is 0 Å². The van der Waals surface area contributed by atoms with E-state index >= 15 is 0 Å². The van der Waals surface area contributed by atoms with Crippen molar-refractivity contribution in [1.29, 1.82) is 0 Å². The highest BCUT2D eigenvalue weighted by molar-refractivity contribution is 5.87. The molecule has 3 aromatic rings. The number of benzene rings is 2. The molecule has 0 radical (unpaired) electrons. The van der Waals surface area contributed by atoms with E-state index in [9.17, 15) is 9.59 Å². The third kappa shape index (κ3) is 4.82. The number of hydrogen-bond donors (Lipinski definition) is 0. The van der Waals surface area contributed by atoms with E-state index in [-0.39, 0.29) is 17.9 Å². The minimum atomic E-state index is -0.386. The molecular formula is C26H27N3O2. The Balaban J connectivity index is 1.66. The average molecular weight is 414 g/mol. The molecule has 4 rings (SSSR count). The van der Waals surface area contributed by atoms with Crippen molar-refractivity contribution in [3.05, 3.63) is 90.3 Å². The van der Waals surface area contributed by atoms with Crippen LogP contribution in [-0.4, -0.2) is 39.2 Å². The van der Waals surface area contributed by atoms with Crippen LogP contribution >= 0.6 is 0 Å². The average Bonchev–Trinajstić information content (AvgIpc) is 3.30. The van der Waals surface area contributed by atoms with Gasteiger partial charge >= 0.3 is 0 Å². The number of aromatic nitrogens is 1. The second-order valence-electron chi connectivity index (χ2n) is 7.94. The predicted molar refractivity (Wildman–Crippen MR) is 121 cm³/mol. The van der Waals surface area contributed by atoms with E-state index in [1.165, 1.54) is 0 Å². The molecule has 0 N–H and O–H groups in total. The zero-order chi connectivity index (χ0) is 21.6. The molecule has 158 valence electrons. The van der Waals surface area contributed by atoms with E-state index in [2.05, 4.69) is 29.2 Å². The minimum Gasteiger partial charge on any atom is -0.332 e. The largest absolute Gasteiger partial charge is 0.332 e. The van der Waals surface area contributed by atoms with Crippen LogP contribution in [0.1, 0.15) is 30.9 Å². The van der Waals surface area contributed by atoms with Gasteiger partial charge in [-0.3, -0.25) is 14.6 Å². The van der Waals surface area contributed by atoms with E-state index in [1.807, 2.05) is 47.4 Å². The summed E-state index contributed by atoms with van der Waals surface area (Å²) >= 11 is 0. The van der Waals surface area contributed by atoms with Crippen LogP contribution in [-0.2, 0) is 22.7 Å². The van der Waals surface area contributed by atoms with E-state index < -0.39 is 0 Å². The van der Waals surface area contributed by atoms with E-state index in [4.69, 9.17) is 0 Å². The number of carbonyl (C=O) groups is 2. The summed E-state index contributed by atoms with van der Waals surface area (Å²) in [4.78, 5) is 33.4. The maximum atomic E-state index is 13.6. The normalized spacial score (nSPS) is 15.6. The molecule has 1 unspecified atom stereocenters. The van der Waals surface area contributed by atoms with E-state index in [0.29, 0.717) is 26.1 Å². The highest BCUT2D eigenvalue weighted by atomic mass is 16.2. The zero-order valence-electron chi connectivity index (χ0n) is 17.8. The van der Waals surface area contributed by atoms with Crippen molar-refractivity contribution in [1.82, 2.24) is 14.8 Å². The minimum absolute atomic E-state index is 0.00683. The van der Waals surface area contributed by atoms with E-state index in [1.54, 1.807) is 24.2 Å². The lowest BCUT2D eigenvalue weighted by molar-refractivity contribution is -0.143. The van der Waals surface area contributed by atoms with Crippen molar-refractivity contribution in [2.24, 2.45) is 0 Å². The SMILES string of the molecule is CC(=O)N1CCCC1C(=O)N(Cc1ccncc1)Cc1ccccc1-c1ccccc1. The van der Waals surface area contributed by atoms with Crippen molar-refractivity contribution < 1.29 is 9.59 Å². The standard InChI is InChI=1S/C26H27N3O2/c1-20(30)29-17-7-12-25(29)26(31)28(18-21-13-15-27-16-14-21)19-23-10-5-6-11-24(23)22-8-3-2-4-9-22/h2-6,8-11,13-16,25H,7,12,17-19H2,1H3. The van der Waals surface area contributed by atoms with Gasteiger partial charge in [0, 0.05) is 39.0 Å². The van der Waals surface area contributed by atoms with Crippen LogP contribution in [0.5, 0.6) is 0 Å². The van der Waals surface area contributed by atoms with Gasteiger partial charge in [0.25, 0.3) is 0 Å². The fraction of sp³-hybridized carbons (Fsp3) is 0.269.